The molecular formula is C9H11BrN2O5. The summed E-state index contributed by atoms with van der Waals surface area (Å²) in [5.74, 6) is -2.41. The van der Waals surface area contributed by atoms with Crippen molar-refractivity contribution < 1.29 is 24.0 Å². The lowest BCUT2D eigenvalue weighted by Gasteiger charge is -2.12. The minimum absolute atomic E-state index is 0.0501. The third-order valence-corrected chi connectivity index (χ3v) is 3.02. The number of hydrogen-bond acceptors (Lipinski definition) is 5. The van der Waals surface area contributed by atoms with Gasteiger partial charge in [0.2, 0.25) is 5.91 Å². The summed E-state index contributed by atoms with van der Waals surface area (Å²) in [5, 5.41) is 0.468. The molecule has 0 bridgehead atoms. The number of nitrogens with two attached hydrogens (primary N) is 1. The van der Waals surface area contributed by atoms with Gasteiger partial charge in [-0.2, -0.15) is 0 Å². The van der Waals surface area contributed by atoms with E-state index in [9.17, 15) is 19.2 Å². The van der Waals surface area contributed by atoms with Crippen LogP contribution in [-0.2, 0) is 24.0 Å². The van der Waals surface area contributed by atoms with Crippen molar-refractivity contribution in [2.45, 2.75) is 30.5 Å². The number of halogens is 1. The Bertz CT molecular complexity index is 354. The van der Waals surface area contributed by atoms with Crippen LogP contribution < -0.4 is 5.73 Å². The van der Waals surface area contributed by atoms with E-state index in [1.54, 1.807) is 0 Å². The number of amides is 3. The fourth-order valence-electron chi connectivity index (χ4n) is 1.19. The summed E-state index contributed by atoms with van der Waals surface area (Å²) in [6.07, 6.45) is 0.128. The van der Waals surface area contributed by atoms with Gasteiger partial charge in [-0.1, -0.05) is 15.9 Å². The van der Waals surface area contributed by atoms with Gasteiger partial charge in [-0.15, -0.1) is 5.06 Å². The third kappa shape index (κ3) is 3.81. The molecule has 1 rings (SSSR count). The molecule has 0 aromatic heterocycles. The summed E-state index contributed by atoms with van der Waals surface area (Å²) in [6.45, 7) is 0. The van der Waals surface area contributed by atoms with Gasteiger partial charge in [0.25, 0.3) is 11.8 Å². The molecule has 17 heavy (non-hydrogen) atoms. The lowest BCUT2D eigenvalue weighted by molar-refractivity contribution is -0.197. The van der Waals surface area contributed by atoms with Crippen LogP contribution in [0.1, 0.15) is 25.7 Å². The Kier molecular flexibility index (Phi) is 4.62. The highest BCUT2D eigenvalue weighted by molar-refractivity contribution is 9.10. The van der Waals surface area contributed by atoms with Crippen molar-refractivity contribution >= 4 is 39.6 Å². The fourth-order valence-corrected chi connectivity index (χ4v) is 1.42. The quantitative estimate of drug-likeness (QED) is 0.550. The van der Waals surface area contributed by atoms with E-state index in [2.05, 4.69) is 20.8 Å². The van der Waals surface area contributed by atoms with Gasteiger partial charge in [0.15, 0.2) is 0 Å². The molecule has 1 unspecified atom stereocenters. The second-order valence-electron chi connectivity index (χ2n) is 3.45. The number of nitrogens with zero attached hydrogens (tertiary/aromatic N) is 1. The van der Waals surface area contributed by atoms with Gasteiger partial charge in [-0.3, -0.25) is 14.4 Å². The summed E-state index contributed by atoms with van der Waals surface area (Å²) in [5.41, 5.74) is 4.97. The predicted molar refractivity (Wildman–Crippen MR) is 58.3 cm³/mol. The molecule has 3 amide bonds. The van der Waals surface area contributed by atoms with Gasteiger partial charge in [0.05, 0.1) is 4.83 Å². The van der Waals surface area contributed by atoms with Crippen LogP contribution in [0.25, 0.3) is 0 Å². The molecule has 0 aliphatic carbocycles. The van der Waals surface area contributed by atoms with Crippen molar-refractivity contribution in [2.24, 2.45) is 5.73 Å². The molecule has 1 aliphatic heterocycles. The Morgan fingerprint density at radius 1 is 1.35 bits per heavy atom. The fraction of sp³-hybridized carbons (Fsp3) is 0.556. The lowest BCUT2D eigenvalue weighted by atomic mass is 10.2. The Hall–Kier alpha value is -1.44. The highest BCUT2D eigenvalue weighted by Gasteiger charge is 2.32. The van der Waals surface area contributed by atoms with Crippen LogP contribution in [0.4, 0.5) is 0 Å². The van der Waals surface area contributed by atoms with E-state index in [0.29, 0.717) is 5.06 Å². The number of alkyl halides is 1. The zero-order valence-corrected chi connectivity index (χ0v) is 10.4. The van der Waals surface area contributed by atoms with E-state index in [4.69, 9.17) is 5.73 Å². The average molecular weight is 307 g/mol. The summed E-state index contributed by atoms with van der Waals surface area (Å²) in [7, 11) is 0. The van der Waals surface area contributed by atoms with Gasteiger partial charge in [0, 0.05) is 19.3 Å². The van der Waals surface area contributed by atoms with Gasteiger partial charge >= 0.3 is 5.97 Å². The van der Waals surface area contributed by atoms with E-state index in [-0.39, 0.29) is 25.7 Å². The Balaban J connectivity index is 2.37. The van der Waals surface area contributed by atoms with Gasteiger partial charge in [-0.25, -0.2) is 4.79 Å². The second kappa shape index (κ2) is 5.76. The number of imide groups is 1. The number of carbonyl (C=O) groups is 4. The first kappa shape index (κ1) is 13.6. The first-order valence-electron chi connectivity index (χ1n) is 4.91. The lowest BCUT2D eigenvalue weighted by Crippen LogP contribution is -2.32. The maximum absolute atomic E-state index is 11.3. The number of primary amides is 1. The van der Waals surface area contributed by atoms with Crippen LogP contribution in [0.3, 0.4) is 0 Å². The SMILES string of the molecule is NC(=O)C(Br)CCC(=O)ON1C(=O)CCC1=O. The molecule has 0 radical (unpaired) electrons. The van der Waals surface area contributed by atoms with E-state index >= 15 is 0 Å². The molecular weight excluding hydrogens is 296 g/mol. The van der Waals surface area contributed by atoms with Crippen molar-refractivity contribution in [2.75, 3.05) is 0 Å². The van der Waals surface area contributed by atoms with E-state index in [0.717, 1.165) is 0 Å². The highest BCUT2D eigenvalue weighted by atomic mass is 79.9. The van der Waals surface area contributed by atoms with Crippen LogP contribution >= 0.6 is 15.9 Å². The summed E-state index contributed by atoms with van der Waals surface area (Å²) < 4.78 is 0. The van der Waals surface area contributed by atoms with Crippen LogP contribution in [0, 0.1) is 0 Å². The molecule has 94 valence electrons. The first-order valence-corrected chi connectivity index (χ1v) is 5.83. The van der Waals surface area contributed by atoms with E-state index < -0.39 is 28.5 Å². The number of hydroxylamine groups is 2. The molecule has 1 fully saturated rings. The minimum Gasteiger partial charge on any atom is -0.369 e. The zero-order chi connectivity index (χ0) is 13.0. The van der Waals surface area contributed by atoms with Crippen LogP contribution in [-0.4, -0.2) is 33.6 Å². The van der Waals surface area contributed by atoms with Crippen molar-refractivity contribution in [1.29, 1.82) is 0 Å². The molecule has 1 heterocycles. The van der Waals surface area contributed by atoms with Crippen molar-refractivity contribution in [3.05, 3.63) is 0 Å². The number of hydrogen-bond donors (Lipinski definition) is 1. The first-order chi connectivity index (χ1) is 7.91. The summed E-state index contributed by atoms with van der Waals surface area (Å²) >= 11 is 2.98. The number of rotatable bonds is 5. The minimum atomic E-state index is -0.751. The maximum atomic E-state index is 11.3. The predicted octanol–water partition coefficient (Wildman–Crippen LogP) is -0.377. The van der Waals surface area contributed by atoms with Crippen molar-refractivity contribution in [3.63, 3.8) is 0 Å². The highest BCUT2D eigenvalue weighted by Crippen LogP contribution is 2.14. The van der Waals surface area contributed by atoms with Crippen LogP contribution in [0.2, 0.25) is 0 Å². The second-order valence-corrected chi connectivity index (χ2v) is 4.56. The van der Waals surface area contributed by atoms with E-state index in [1.807, 2.05) is 0 Å². The van der Waals surface area contributed by atoms with Crippen molar-refractivity contribution in [3.8, 4) is 0 Å². The Morgan fingerprint density at radius 3 is 2.35 bits per heavy atom. The number of carbonyl (C=O) groups excluding carboxylic acids is 4. The molecule has 0 spiro atoms. The molecule has 1 aliphatic rings. The largest absolute Gasteiger partial charge is 0.369 e. The monoisotopic (exact) mass is 306 g/mol. The molecule has 0 aromatic carbocycles. The van der Waals surface area contributed by atoms with Gasteiger partial charge < -0.3 is 10.6 Å². The topological polar surface area (TPSA) is 107 Å². The molecule has 1 saturated heterocycles. The molecule has 2 N–H and O–H groups in total. The molecule has 7 nitrogen and oxygen atoms in total. The van der Waals surface area contributed by atoms with E-state index in [1.165, 1.54) is 0 Å². The summed E-state index contributed by atoms with van der Waals surface area (Å²) in [6, 6.07) is 0. The smallest absolute Gasteiger partial charge is 0.333 e. The molecule has 8 heteroatoms. The van der Waals surface area contributed by atoms with Crippen LogP contribution in [0.15, 0.2) is 0 Å². The Labute approximate surface area is 105 Å². The Morgan fingerprint density at radius 2 is 1.88 bits per heavy atom. The third-order valence-electron chi connectivity index (χ3n) is 2.11. The van der Waals surface area contributed by atoms with Crippen LogP contribution in [0.5, 0.6) is 0 Å². The molecule has 1 atom stereocenters. The maximum Gasteiger partial charge on any atom is 0.333 e. The normalized spacial score (nSPS) is 17.1. The van der Waals surface area contributed by atoms with Crippen molar-refractivity contribution in [1.82, 2.24) is 5.06 Å². The van der Waals surface area contributed by atoms with Gasteiger partial charge in [-0.05, 0) is 6.42 Å². The molecule has 0 aromatic rings. The zero-order valence-electron chi connectivity index (χ0n) is 8.85. The summed E-state index contributed by atoms with van der Waals surface area (Å²) in [4.78, 5) is 48.1. The average Bonchev–Trinajstić information content (AvgIpc) is 2.57. The molecule has 0 saturated carbocycles. The standard InChI is InChI=1S/C9H11BrN2O5/c10-5(9(11)16)1-4-8(15)17-12-6(13)2-3-7(12)14/h5H,1-4H2,(H2,11,16). The van der Waals surface area contributed by atoms with Gasteiger partial charge in [0.1, 0.15) is 0 Å².